The molecule has 4 rings (SSSR count). The van der Waals surface area contributed by atoms with Crippen LogP contribution >= 0.6 is 11.3 Å². The Balaban J connectivity index is 1.77. The lowest BCUT2D eigenvalue weighted by Gasteiger charge is -2.11. The number of aryl methyl sites for hydroxylation is 2. The van der Waals surface area contributed by atoms with Gasteiger partial charge in [-0.1, -0.05) is 29.4 Å². The summed E-state index contributed by atoms with van der Waals surface area (Å²) < 4.78 is 43.9. The summed E-state index contributed by atoms with van der Waals surface area (Å²) in [6.07, 6.45) is 5.55. The highest BCUT2D eigenvalue weighted by molar-refractivity contribution is 7.92. The van der Waals surface area contributed by atoms with Gasteiger partial charge in [0.1, 0.15) is 5.82 Å². The second-order valence-electron chi connectivity index (χ2n) is 7.60. The third-order valence-electron chi connectivity index (χ3n) is 5.27. The maximum Gasteiger partial charge on any atom is 0.281 e. The van der Waals surface area contributed by atoms with Gasteiger partial charge in [-0.2, -0.15) is 4.99 Å². The Morgan fingerprint density at radius 1 is 1.12 bits per heavy atom. The number of terminal acetylenes is 1. The summed E-state index contributed by atoms with van der Waals surface area (Å²) in [5.41, 5.74) is 3.22. The molecule has 34 heavy (non-hydrogen) atoms. The number of thiazole rings is 1. The number of sulfonamides is 1. The van der Waals surface area contributed by atoms with Gasteiger partial charge in [-0.25, -0.2) is 12.8 Å². The van der Waals surface area contributed by atoms with Crippen molar-refractivity contribution >= 4 is 43.2 Å². The molecule has 1 aromatic heterocycles. The Bertz CT molecular complexity index is 1630. The highest BCUT2D eigenvalue weighted by Gasteiger charge is 2.19. The summed E-state index contributed by atoms with van der Waals surface area (Å²) in [4.78, 5) is 17.7. The Kier molecular flexibility index (Phi) is 6.37. The van der Waals surface area contributed by atoms with Gasteiger partial charge in [0.25, 0.3) is 15.9 Å². The normalized spacial score (nSPS) is 12.0. The van der Waals surface area contributed by atoms with Gasteiger partial charge < -0.3 is 4.57 Å². The van der Waals surface area contributed by atoms with Crippen LogP contribution in [0.3, 0.4) is 0 Å². The van der Waals surface area contributed by atoms with Crippen LogP contribution < -0.4 is 9.52 Å². The molecule has 172 valence electrons. The highest BCUT2D eigenvalue weighted by atomic mass is 32.2. The molecule has 3 aromatic carbocycles. The number of benzene rings is 3. The first-order chi connectivity index (χ1) is 16.2. The van der Waals surface area contributed by atoms with Crippen LogP contribution in [0.2, 0.25) is 0 Å². The van der Waals surface area contributed by atoms with Crippen molar-refractivity contribution in [2.45, 2.75) is 25.3 Å². The van der Waals surface area contributed by atoms with Crippen molar-refractivity contribution < 1.29 is 17.6 Å². The van der Waals surface area contributed by atoms with Crippen LogP contribution in [-0.2, 0) is 16.6 Å². The number of aromatic nitrogens is 1. The van der Waals surface area contributed by atoms with E-state index in [0.717, 1.165) is 45.6 Å². The van der Waals surface area contributed by atoms with Gasteiger partial charge in [0, 0.05) is 0 Å². The molecule has 1 heterocycles. The lowest BCUT2D eigenvalue weighted by Crippen LogP contribution is -2.18. The van der Waals surface area contributed by atoms with E-state index >= 15 is 0 Å². The lowest BCUT2D eigenvalue weighted by atomic mass is 10.1. The van der Waals surface area contributed by atoms with Gasteiger partial charge in [-0.15, -0.1) is 6.42 Å². The number of carbonyl (C=O) groups is 1. The Hall–Kier alpha value is -3.74. The van der Waals surface area contributed by atoms with E-state index in [9.17, 15) is 17.6 Å². The minimum absolute atomic E-state index is 0.0666. The monoisotopic (exact) mass is 493 g/mol. The van der Waals surface area contributed by atoms with Crippen LogP contribution in [0.4, 0.5) is 10.1 Å². The Labute approximate surface area is 200 Å². The molecule has 0 aliphatic rings. The molecule has 1 amide bonds. The maximum absolute atomic E-state index is 13.2. The van der Waals surface area contributed by atoms with Gasteiger partial charge in [0.05, 0.1) is 32.9 Å². The van der Waals surface area contributed by atoms with Gasteiger partial charge in [0.2, 0.25) is 0 Å². The number of halogens is 1. The number of hydrogen-bond acceptors (Lipinski definition) is 4. The zero-order valence-electron chi connectivity index (χ0n) is 18.4. The van der Waals surface area contributed by atoms with Crippen LogP contribution in [0.15, 0.2) is 70.6 Å². The van der Waals surface area contributed by atoms with Crippen molar-refractivity contribution in [2.24, 2.45) is 4.99 Å². The largest absolute Gasteiger partial charge is 0.305 e. The van der Waals surface area contributed by atoms with Crippen molar-refractivity contribution in [1.82, 2.24) is 4.57 Å². The summed E-state index contributed by atoms with van der Waals surface area (Å²) in [6.45, 7) is 4.23. The molecule has 9 heteroatoms. The van der Waals surface area contributed by atoms with E-state index in [1.54, 1.807) is 16.7 Å². The van der Waals surface area contributed by atoms with Gasteiger partial charge >= 0.3 is 0 Å². The fraction of sp³-hybridized carbons (Fsp3) is 0.120. The number of nitrogens with zero attached hydrogens (tertiary/aromatic N) is 2. The van der Waals surface area contributed by atoms with E-state index in [1.165, 1.54) is 23.5 Å². The molecule has 1 N–H and O–H groups in total. The molecular formula is C25H20FN3O3S2. The van der Waals surface area contributed by atoms with Crippen LogP contribution in [0.25, 0.3) is 10.2 Å². The standard InChI is InChI=1S/C25H20FN3O3S2/c1-4-13-29-22-14-16(2)17(3)15-23(22)33-25(29)27-24(30)20-7-5-6-8-21(20)28-34(31,32)19-11-9-18(26)10-12-19/h1,5-12,14-15,28H,13H2,2-3H3. The van der Waals surface area contributed by atoms with E-state index < -0.39 is 21.7 Å². The van der Waals surface area contributed by atoms with Crippen LogP contribution in [-0.4, -0.2) is 18.9 Å². The zero-order valence-corrected chi connectivity index (χ0v) is 20.0. The van der Waals surface area contributed by atoms with Gasteiger partial charge in [0.15, 0.2) is 4.80 Å². The summed E-state index contributed by atoms with van der Waals surface area (Å²) in [6, 6.07) is 14.6. The van der Waals surface area contributed by atoms with E-state index in [2.05, 4.69) is 15.6 Å². The lowest BCUT2D eigenvalue weighted by molar-refractivity contribution is 0.0998. The average molecular weight is 494 g/mol. The van der Waals surface area contributed by atoms with Gasteiger partial charge in [-0.05, 0) is 73.5 Å². The molecule has 0 atom stereocenters. The number of carbonyl (C=O) groups excluding carboxylic acids is 1. The first-order valence-electron chi connectivity index (χ1n) is 10.2. The smallest absolute Gasteiger partial charge is 0.281 e. The van der Waals surface area contributed by atoms with E-state index in [1.807, 2.05) is 26.0 Å². The summed E-state index contributed by atoms with van der Waals surface area (Å²) in [5.74, 6) is 1.42. The number of amides is 1. The fourth-order valence-corrected chi connectivity index (χ4v) is 5.56. The number of nitrogens with one attached hydrogen (secondary N) is 1. The minimum Gasteiger partial charge on any atom is -0.305 e. The molecule has 0 fully saturated rings. The SMILES string of the molecule is C#CCn1c(=NC(=O)c2ccccc2NS(=O)(=O)c2ccc(F)cc2)sc2cc(C)c(C)cc21. The number of para-hydroxylation sites is 1. The van der Waals surface area contributed by atoms with Crippen molar-refractivity contribution in [1.29, 1.82) is 0 Å². The summed E-state index contributed by atoms with van der Waals surface area (Å²) in [5, 5.41) is 0. The van der Waals surface area contributed by atoms with Crippen molar-refractivity contribution in [3.8, 4) is 12.3 Å². The van der Waals surface area contributed by atoms with Crippen LogP contribution in [0.1, 0.15) is 21.5 Å². The molecule has 4 aromatic rings. The maximum atomic E-state index is 13.2. The molecule has 0 aliphatic heterocycles. The summed E-state index contributed by atoms with van der Waals surface area (Å²) in [7, 11) is -4.05. The Morgan fingerprint density at radius 3 is 2.50 bits per heavy atom. The minimum atomic E-state index is -4.05. The van der Waals surface area contributed by atoms with Gasteiger partial charge in [-0.3, -0.25) is 9.52 Å². The molecule has 0 bridgehead atoms. The fourth-order valence-electron chi connectivity index (χ4n) is 3.37. The molecule has 0 radical (unpaired) electrons. The molecule has 0 aliphatic carbocycles. The average Bonchev–Trinajstić information content (AvgIpc) is 3.10. The molecule has 0 saturated carbocycles. The predicted molar refractivity (Wildman–Crippen MR) is 132 cm³/mol. The molecule has 0 spiro atoms. The number of anilines is 1. The van der Waals surface area contributed by atoms with Crippen LogP contribution in [0.5, 0.6) is 0 Å². The molecule has 0 saturated heterocycles. The van der Waals surface area contributed by atoms with Crippen LogP contribution in [0, 0.1) is 32.0 Å². The predicted octanol–water partition coefficient (Wildman–Crippen LogP) is 4.63. The highest BCUT2D eigenvalue weighted by Crippen LogP contribution is 2.24. The third-order valence-corrected chi connectivity index (χ3v) is 7.69. The number of fused-ring (bicyclic) bond motifs is 1. The third kappa shape index (κ3) is 4.64. The second-order valence-corrected chi connectivity index (χ2v) is 10.3. The van der Waals surface area contributed by atoms with Crippen molar-refractivity contribution in [3.63, 3.8) is 0 Å². The van der Waals surface area contributed by atoms with E-state index in [0.29, 0.717) is 4.80 Å². The quantitative estimate of drug-likeness (QED) is 0.412. The number of rotatable bonds is 5. The first-order valence-corrected chi connectivity index (χ1v) is 12.5. The molecular weight excluding hydrogens is 473 g/mol. The van der Waals surface area contributed by atoms with E-state index in [4.69, 9.17) is 6.42 Å². The van der Waals surface area contributed by atoms with E-state index in [-0.39, 0.29) is 22.7 Å². The molecule has 0 unspecified atom stereocenters. The number of hydrogen-bond donors (Lipinski definition) is 1. The first kappa shape index (κ1) is 23.4. The topological polar surface area (TPSA) is 80.5 Å². The Morgan fingerprint density at radius 2 is 1.79 bits per heavy atom. The van der Waals surface area contributed by atoms with Crippen molar-refractivity contribution in [2.75, 3.05) is 4.72 Å². The van der Waals surface area contributed by atoms with Crippen molar-refractivity contribution in [3.05, 3.63) is 88.0 Å². The second kappa shape index (κ2) is 9.25. The summed E-state index contributed by atoms with van der Waals surface area (Å²) >= 11 is 1.33. The zero-order chi connectivity index (χ0) is 24.5. The molecule has 6 nitrogen and oxygen atoms in total.